The quantitative estimate of drug-likeness (QED) is 0.738. The van der Waals surface area contributed by atoms with Gasteiger partial charge in [-0.2, -0.15) is 0 Å². The summed E-state index contributed by atoms with van der Waals surface area (Å²) < 4.78 is 30.1. The van der Waals surface area contributed by atoms with Crippen LogP contribution >= 0.6 is 0 Å². The molecule has 1 fully saturated rings. The Hall–Kier alpha value is -2.09. The van der Waals surface area contributed by atoms with Gasteiger partial charge in [0.1, 0.15) is 0 Å². The molecule has 1 aromatic carbocycles. The molecule has 142 valence electrons. The van der Waals surface area contributed by atoms with Crippen molar-refractivity contribution < 1.29 is 22.7 Å². The molecule has 2 aliphatic rings. The molecule has 0 spiro atoms. The molecule has 1 aromatic rings. The Morgan fingerprint density at radius 1 is 1.27 bits per heavy atom. The first-order valence-electron chi connectivity index (χ1n) is 8.87. The molecular formula is C18H24N2O5S. The number of fused-ring (bicyclic) bond motifs is 1. The molecule has 1 saturated heterocycles. The lowest BCUT2D eigenvalue weighted by molar-refractivity contribution is -0.149. The van der Waals surface area contributed by atoms with Crippen molar-refractivity contribution in [1.29, 1.82) is 0 Å². The SMILES string of the molecule is CCOC(=O)C1CCCN(C(=O)c2ccc3c(c2)CCN3S(C)(=O)=O)C1. The summed E-state index contributed by atoms with van der Waals surface area (Å²) in [7, 11) is -3.31. The fraction of sp³-hybridized carbons (Fsp3) is 0.556. The summed E-state index contributed by atoms with van der Waals surface area (Å²) in [6.07, 6.45) is 3.28. The molecule has 0 bridgehead atoms. The molecule has 2 aliphatic heterocycles. The van der Waals surface area contributed by atoms with Crippen LogP contribution in [0.25, 0.3) is 0 Å². The Balaban J connectivity index is 1.76. The van der Waals surface area contributed by atoms with Gasteiger partial charge in [-0.3, -0.25) is 13.9 Å². The molecular weight excluding hydrogens is 356 g/mol. The van der Waals surface area contributed by atoms with Gasteiger partial charge < -0.3 is 9.64 Å². The number of anilines is 1. The van der Waals surface area contributed by atoms with Crippen LogP contribution < -0.4 is 4.31 Å². The molecule has 0 radical (unpaired) electrons. The van der Waals surface area contributed by atoms with Crippen molar-refractivity contribution in [2.75, 3.05) is 36.8 Å². The number of nitrogens with zero attached hydrogens (tertiary/aromatic N) is 2. The molecule has 7 nitrogen and oxygen atoms in total. The van der Waals surface area contributed by atoms with Crippen LogP contribution in [-0.4, -0.2) is 57.7 Å². The smallest absolute Gasteiger partial charge is 0.310 e. The van der Waals surface area contributed by atoms with Crippen molar-refractivity contribution >= 4 is 27.6 Å². The number of ether oxygens (including phenoxy) is 1. The van der Waals surface area contributed by atoms with E-state index in [0.717, 1.165) is 18.4 Å². The molecule has 3 rings (SSSR count). The number of carbonyl (C=O) groups excluding carboxylic acids is 2. The predicted octanol–water partition coefficient (Wildman–Crippen LogP) is 1.42. The molecule has 1 unspecified atom stereocenters. The lowest BCUT2D eigenvalue weighted by Gasteiger charge is -2.31. The maximum absolute atomic E-state index is 12.8. The first-order valence-corrected chi connectivity index (χ1v) is 10.7. The van der Waals surface area contributed by atoms with Crippen LogP contribution in [0.2, 0.25) is 0 Å². The zero-order chi connectivity index (χ0) is 18.9. The average Bonchev–Trinajstić information content (AvgIpc) is 3.05. The van der Waals surface area contributed by atoms with Crippen molar-refractivity contribution in [3.05, 3.63) is 29.3 Å². The van der Waals surface area contributed by atoms with Crippen LogP contribution in [-0.2, 0) is 26.0 Å². The molecule has 26 heavy (non-hydrogen) atoms. The second-order valence-corrected chi connectivity index (χ2v) is 8.68. The topological polar surface area (TPSA) is 84.0 Å². The molecule has 2 heterocycles. The van der Waals surface area contributed by atoms with Crippen molar-refractivity contribution in [1.82, 2.24) is 4.90 Å². The lowest BCUT2D eigenvalue weighted by Crippen LogP contribution is -2.42. The van der Waals surface area contributed by atoms with Gasteiger partial charge in [-0.15, -0.1) is 0 Å². The summed E-state index contributed by atoms with van der Waals surface area (Å²) >= 11 is 0. The summed E-state index contributed by atoms with van der Waals surface area (Å²) in [5, 5.41) is 0. The number of piperidine rings is 1. The van der Waals surface area contributed by atoms with Gasteiger partial charge in [0.25, 0.3) is 5.91 Å². The molecule has 0 aromatic heterocycles. The van der Waals surface area contributed by atoms with Crippen LogP contribution in [0.1, 0.15) is 35.7 Å². The standard InChI is InChI=1S/C18H24N2O5S/c1-3-25-18(22)15-5-4-9-19(12-15)17(21)14-6-7-16-13(11-14)8-10-20(16)26(2,23)24/h6-7,11,15H,3-5,8-10,12H2,1-2H3. The maximum Gasteiger partial charge on any atom is 0.310 e. The van der Waals surface area contributed by atoms with Gasteiger partial charge in [-0.1, -0.05) is 0 Å². The Labute approximate surface area is 154 Å². The highest BCUT2D eigenvalue weighted by molar-refractivity contribution is 7.92. The summed E-state index contributed by atoms with van der Waals surface area (Å²) in [6, 6.07) is 5.14. The summed E-state index contributed by atoms with van der Waals surface area (Å²) in [4.78, 5) is 26.5. The third-order valence-corrected chi connectivity index (χ3v) is 6.09. The van der Waals surface area contributed by atoms with E-state index in [4.69, 9.17) is 4.74 Å². The van der Waals surface area contributed by atoms with E-state index in [1.165, 1.54) is 10.6 Å². The largest absolute Gasteiger partial charge is 0.466 e. The number of benzene rings is 1. The molecule has 1 amide bonds. The zero-order valence-electron chi connectivity index (χ0n) is 15.1. The summed E-state index contributed by atoms with van der Waals surface area (Å²) in [5.41, 5.74) is 2.04. The molecule has 8 heteroatoms. The normalized spacial score (nSPS) is 20.0. The molecule has 1 atom stereocenters. The third kappa shape index (κ3) is 3.70. The van der Waals surface area contributed by atoms with Gasteiger partial charge in [0.2, 0.25) is 10.0 Å². The van der Waals surface area contributed by atoms with Crippen LogP contribution in [0, 0.1) is 5.92 Å². The Morgan fingerprint density at radius 3 is 2.73 bits per heavy atom. The van der Waals surface area contributed by atoms with Crippen molar-refractivity contribution in [2.24, 2.45) is 5.92 Å². The third-order valence-electron chi connectivity index (χ3n) is 4.91. The number of amides is 1. The van der Waals surface area contributed by atoms with Gasteiger partial charge in [-0.05, 0) is 49.9 Å². The number of sulfonamides is 1. The summed E-state index contributed by atoms with van der Waals surface area (Å²) in [6.45, 7) is 3.49. The highest BCUT2D eigenvalue weighted by Crippen LogP contribution is 2.31. The molecule has 0 saturated carbocycles. The van der Waals surface area contributed by atoms with E-state index in [1.807, 2.05) is 0 Å². The monoisotopic (exact) mass is 380 g/mol. The van der Waals surface area contributed by atoms with E-state index in [-0.39, 0.29) is 17.8 Å². The lowest BCUT2D eigenvalue weighted by atomic mass is 9.97. The molecule has 0 aliphatic carbocycles. The number of rotatable bonds is 4. The van der Waals surface area contributed by atoms with E-state index >= 15 is 0 Å². The number of esters is 1. The van der Waals surface area contributed by atoms with Crippen LogP contribution in [0.4, 0.5) is 5.69 Å². The fourth-order valence-electron chi connectivity index (χ4n) is 3.65. The Morgan fingerprint density at radius 2 is 2.04 bits per heavy atom. The van der Waals surface area contributed by atoms with E-state index in [2.05, 4.69) is 0 Å². The van der Waals surface area contributed by atoms with Gasteiger partial charge in [-0.25, -0.2) is 8.42 Å². The van der Waals surface area contributed by atoms with E-state index < -0.39 is 10.0 Å². The van der Waals surface area contributed by atoms with Gasteiger partial charge in [0, 0.05) is 25.2 Å². The number of likely N-dealkylation sites (tertiary alicyclic amines) is 1. The number of hydrogen-bond acceptors (Lipinski definition) is 5. The van der Waals surface area contributed by atoms with Gasteiger partial charge in [0.05, 0.1) is 24.5 Å². The summed E-state index contributed by atoms with van der Waals surface area (Å²) in [5.74, 6) is -0.648. The minimum Gasteiger partial charge on any atom is -0.466 e. The van der Waals surface area contributed by atoms with Crippen molar-refractivity contribution in [3.63, 3.8) is 0 Å². The highest BCUT2D eigenvalue weighted by atomic mass is 32.2. The fourth-order valence-corrected chi connectivity index (χ4v) is 4.60. The van der Waals surface area contributed by atoms with Crippen molar-refractivity contribution in [2.45, 2.75) is 26.2 Å². The number of hydrogen-bond donors (Lipinski definition) is 0. The highest BCUT2D eigenvalue weighted by Gasteiger charge is 2.31. The second kappa shape index (κ2) is 7.26. The minimum atomic E-state index is -3.31. The Kier molecular flexibility index (Phi) is 5.22. The first kappa shape index (κ1) is 18.7. The van der Waals surface area contributed by atoms with E-state index in [1.54, 1.807) is 30.0 Å². The Bertz CT molecular complexity index is 821. The average molecular weight is 380 g/mol. The van der Waals surface area contributed by atoms with Gasteiger partial charge in [0.15, 0.2) is 0 Å². The van der Waals surface area contributed by atoms with Crippen molar-refractivity contribution in [3.8, 4) is 0 Å². The number of carbonyl (C=O) groups is 2. The van der Waals surface area contributed by atoms with E-state index in [9.17, 15) is 18.0 Å². The van der Waals surface area contributed by atoms with Crippen LogP contribution in [0.3, 0.4) is 0 Å². The van der Waals surface area contributed by atoms with Gasteiger partial charge >= 0.3 is 5.97 Å². The second-order valence-electron chi connectivity index (χ2n) is 6.77. The zero-order valence-corrected chi connectivity index (χ0v) is 15.9. The first-order chi connectivity index (χ1) is 12.3. The minimum absolute atomic E-state index is 0.125. The van der Waals surface area contributed by atoms with E-state index in [0.29, 0.717) is 43.9 Å². The maximum atomic E-state index is 12.8. The van der Waals surface area contributed by atoms with Crippen LogP contribution in [0.5, 0.6) is 0 Å². The predicted molar refractivity (Wildman–Crippen MR) is 97.6 cm³/mol. The molecule has 0 N–H and O–H groups in total. The van der Waals surface area contributed by atoms with Crippen LogP contribution in [0.15, 0.2) is 18.2 Å².